The first-order valence-corrected chi connectivity index (χ1v) is 12.9. The number of hydrogen-bond donors (Lipinski definition) is 2. The molecule has 2 atom stereocenters. The van der Waals surface area contributed by atoms with Gasteiger partial charge >= 0.3 is 6.09 Å². The van der Waals surface area contributed by atoms with Crippen LogP contribution in [-0.4, -0.2) is 57.1 Å². The minimum Gasteiger partial charge on any atom is -0.444 e. The van der Waals surface area contributed by atoms with Crippen molar-refractivity contribution in [3.8, 4) is 0 Å². The Bertz CT molecular complexity index is 1240. The van der Waals surface area contributed by atoms with Crippen molar-refractivity contribution in [2.75, 3.05) is 25.0 Å². The first-order valence-electron chi connectivity index (χ1n) is 12.0. The standard InChI is InChI=1S/C25H31FN6O3S/c1-15(17-11-18(26)13-27-12-17)29-23-30-19-7-10-36-21(19)20(31-23)22(33)28-8-5-16-6-9-32(14-16)24(34)35-25(2,3)4/h7,10-13,15-16H,5-6,8-9,14H2,1-4H3,(H,28,33)(H,29,30,31)/t15-,16?/m0/s1. The maximum atomic E-state index is 13.6. The predicted molar refractivity (Wildman–Crippen MR) is 137 cm³/mol. The lowest BCUT2D eigenvalue weighted by molar-refractivity contribution is 0.0287. The number of carbonyl (C=O) groups excluding carboxylic acids is 2. The number of hydrogen-bond acceptors (Lipinski definition) is 8. The molecule has 3 aromatic heterocycles. The number of nitrogens with zero attached hydrogens (tertiary/aromatic N) is 4. The highest BCUT2D eigenvalue weighted by Crippen LogP contribution is 2.26. The average Bonchev–Trinajstić information content (AvgIpc) is 3.47. The molecule has 1 aliphatic heterocycles. The SMILES string of the molecule is C[C@H](Nc1nc(C(=O)NCCC2CCN(C(=O)OC(C)(C)C)C2)c2sccc2n1)c1cncc(F)c1. The second-order valence-corrected chi connectivity index (χ2v) is 10.9. The fourth-order valence-corrected chi connectivity index (χ4v) is 4.88. The van der Waals surface area contributed by atoms with Gasteiger partial charge in [0.2, 0.25) is 5.95 Å². The number of thiophene rings is 1. The molecule has 0 radical (unpaired) electrons. The molecule has 9 nitrogen and oxygen atoms in total. The molecule has 0 saturated carbocycles. The van der Waals surface area contributed by atoms with Crippen LogP contribution in [0.1, 0.15) is 62.6 Å². The number of pyridine rings is 1. The Balaban J connectivity index is 1.36. The van der Waals surface area contributed by atoms with Crippen molar-refractivity contribution >= 4 is 39.5 Å². The van der Waals surface area contributed by atoms with Gasteiger partial charge in [-0.1, -0.05) is 0 Å². The summed E-state index contributed by atoms with van der Waals surface area (Å²) in [6.07, 6.45) is 4.05. The number of fused-ring (bicyclic) bond motifs is 1. The number of rotatable bonds is 7. The van der Waals surface area contributed by atoms with Crippen LogP contribution in [0, 0.1) is 11.7 Å². The van der Waals surface area contributed by atoms with E-state index in [9.17, 15) is 14.0 Å². The normalized spacial score (nSPS) is 16.7. The van der Waals surface area contributed by atoms with Gasteiger partial charge < -0.3 is 20.3 Å². The van der Waals surface area contributed by atoms with Crippen LogP contribution in [0.15, 0.2) is 29.9 Å². The van der Waals surface area contributed by atoms with Gasteiger partial charge in [0, 0.05) is 25.8 Å². The number of ether oxygens (including phenoxy) is 1. The fraction of sp³-hybridized carbons (Fsp3) is 0.480. The lowest BCUT2D eigenvalue weighted by Gasteiger charge is -2.24. The molecule has 0 aliphatic carbocycles. The lowest BCUT2D eigenvalue weighted by atomic mass is 10.1. The second kappa shape index (κ2) is 10.7. The van der Waals surface area contributed by atoms with Crippen molar-refractivity contribution in [3.63, 3.8) is 0 Å². The molecule has 1 saturated heterocycles. The third-order valence-corrected chi connectivity index (χ3v) is 6.78. The minimum atomic E-state index is -0.520. The number of amides is 2. The molecule has 1 unspecified atom stereocenters. The minimum absolute atomic E-state index is 0.282. The highest BCUT2D eigenvalue weighted by molar-refractivity contribution is 7.17. The molecule has 2 N–H and O–H groups in total. The number of halogens is 1. The third-order valence-electron chi connectivity index (χ3n) is 5.87. The molecule has 36 heavy (non-hydrogen) atoms. The van der Waals surface area contributed by atoms with Crippen LogP contribution in [0.3, 0.4) is 0 Å². The quantitative estimate of drug-likeness (QED) is 0.467. The van der Waals surface area contributed by atoms with Crippen molar-refractivity contribution in [2.24, 2.45) is 5.92 Å². The summed E-state index contributed by atoms with van der Waals surface area (Å²) in [5.74, 6) is -0.128. The van der Waals surface area contributed by atoms with Crippen molar-refractivity contribution in [2.45, 2.75) is 52.2 Å². The average molecular weight is 515 g/mol. The molecule has 4 heterocycles. The summed E-state index contributed by atoms with van der Waals surface area (Å²) in [5.41, 5.74) is 1.08. The van der Waals surface area contributed by atoms with Crippen LogP contribution in [0.4, 0.5) is 15.1 Å². The molecule has 0 bridgehead atoms. The van der Waals surface area contributed by atoms with E-state index in [4.69, 9.17) is 4.74 Å². The number of anilines is 1. The van der Waals surface area contributed by atoms with E-state index in [1.165, 1.54) is 17.4 Å². The Morgan fingerprint density at radius 1 is 1.31 bits per heavy atom. The summed E-state index contributed by atoms with van der Waals surface area (Å²) in [7, 11) is 0. The molecule has 192 valence electrons. The summed E-state index contributed by atoms with van der Waals surface area (Å²) >= 11 is 1.40. The maximum absolute atomic E-state index is 13.6. The zero-order valence-corrected chi connectivity index (χ0v) is 21.7. The molecular weight excluding hydrogens is 483 g/mol. The largest absolute Gasteiger partial charge is 0.444 e. The predicted octanol–water partition coefficient (Wildman–Crippen LogP) is 4.78. The lowest BCUT2D eigenvalue weighted by Crippen LogP contribution is -2.35. The van der Waals surface area contributed by atoms with E-state index in [1.807, 2.05) is 39.1 Å². The first-order chi connectivity index (χ1) is 17.1. The van der Waals surface area contributed by atoms with E-state index in [-0.39, 0.29) is 24.0 Å². The molecule has 11 heteroatoms. The van der Waals surface area contributed by atoms with E-state index in [0.717, 1.165) is 19.0 Å². The summed E-state index contributed by atoms with van der Waals surface area (Å²) in [6, 6.07) is 2.92. The van der Waals surface area contributed by atoms with E-state index < -0.39 is 11.4 Å². The molecular formula is C25H31FN6O3S. The van der Waals surface area contributed by atoms with Gasteiger partial charge in [0.25, 0.3) is 5.91 Å². The molecule has 2 amide bonds. The molecule has 1 aliphatic rings. The van der Waals surface area contributed by atoms with Gasteiger partial charge in [0.05, 0.1) is 22.5 Å². The van der Waals surface area contributed by atoms with Crippen LogP contribution in [0.2, 0.25) is 0 Å². The van der Waals surface area contributed by atoms with Gasteiger partial charge in [-0.3, -0.25) is 9.78 Å². The van der Waals surface area contributed by atoms with Gasteiger partial charge in [0.15, 0.2) is 5.69 Å². The molecule has 0 spiro atoms. The van der Waals surface area contributed by atoms with E-state index >= 15 is 0 Å². The molecule has 4 rings (SSSR count). The Hall–Kier alpha value is -3.34. The van der Waals surface area contributed by atoms with E-state index in [0.29, 0.717) is 47.0 Å². The van der Waals surface area contributed by atoms with Crippen LogP contribution in [0.5, 0.6) is 0 Å². The van der Waals surface area contributed by atoms with Crippen LogP contribution < -0.4 is 10.6 Å². The highest BCUT2D eigenvalue weighted by atomic mass is 32.1. The summed E-state index contributed by atoms with van der Waals surface area (Å²) in [5, 5.41) is 7.97. The van der Waals surface area contributed by atoms with Crippen LogP contribution >= 0.6 is 11.3 Å². The smallest absolute Gasteiger partial charge is 0.410 e. The van der Waals surface area contributed by atoms with Crippen molar-refractivity contribution in [1.82, 2.24) is 25.2 Å². The van der Waals surface area contributed by atoms with Gasteiger partial charge in [-0.25, -0.2) is 19.2 Å². The Kier molecular flexibility index (Phi) is 7.67. The fourth-order valence-electron chi connectivity index (χ4n) is 4.06. The first kappa shape index (κ1) is 25.7. The van der Waals surface area contributed by atoms with Gasteiger partial charge in [-0.05, 0) is 69.5 Å². The van der Waals surface area contributed by atoms with Crippen molar-refractivity contribution in [3.05, 3.63) is 47.0 Å². The van der Waals surface area contributed by atoms with Crippen molar-refractivity contribution < 1.29 is 18.7 Å². The van der Waals surface area contributed by atoms with E-state index in [2.05, 4.69) is 25.6 Å². The van der Waals surface area contributed by atoms with E-state index in [1.54, 1.807) is 11.1 Å². The number of aromatic nitrogens is 3. The monoisotopic (exact) mass is 514 g/mol. The van der Waals surface area contributed by atoms with Crippen LogP contribution in [0.25, 0.3) is 10.2 Å². The molecule has 0 aromatic carbocycles. The van der Waals surface area contributed by atoms with Crippen LogP contribution in [-0.2, 0) is 4.74 Å². The van der Waals surface area contributed by atoms with Gasteiger partial charge in [-0.2, -0.15) is 0 Å². The molecule has 1 fully saturated rings. The number of carbonyl (C=O) groups is 2. The number of likely N-dealkylation sites (tertiary alicyclic amines) is 1. The van der Waals surface area contributed by atoms with Gasteiger partial charge in [0.1, 0.15) is 11.4 Å². The van der Waals surface area contributed by atoms with Gasteiger partial charge in [-0.15, -0.1) is 11.3 Å². The topological polar surface area (TPSA) is 109 Å². The Labute approximate surface area is 213 Å². The second-order valence-electron chi connectivity index (χ2n) is 9.96. The number of nitrogens with one attached hydrogen (secondary N) is 2. The highest BCUT2D eigenvalue weighted by Gasteiger charge is 2.29. The Morgan fingerprint density at radius 2 is 2.11 bits per heavy atom. The zero-order valence-electron chi connectivity index (χ0n) is 20.9. The summed E-state index contributed by atoms with van der Waals surface area (Å²) in [4.78, 5) is 39.9. The van der Waals surface area contributed by atoms with Crippen molar-refractivity contribution in [1.29, 1.82) is 0 Å². The maximum Gasteiger partial charge on any atom is 0.410 e. The summed E-state index contributed by atoms with van der Waals surface area (Å²) < 4.78 is 19.7. The molecule has 3 aromatic rings. The third kappa shape index (κ3) is 6.45. The zero-order chi connectivity index (χ0) is 25.9. The summed E-state index contributed by atoms with van der Waals surface area (Å²) in [6.45, 7) is 9.15. The Morgan fingerprint density at radius 3 is 2.86 bits per heavy atom.